The number of nitrogens with zero attached hydrogens (tertiary/aromatic N) is 4. The Morgan fingerprint density at radius 3 is 2.83 bits per heavy atom. The second kappa shape index (κ2) is 7.22. The molecule has 0 aliphatic carbocycles. The number of carbonyl (C=O) groups excluding carboxylic acids is 1. The van der Waals surface area contributed by atoms with E-state index in [2.05, 4.69) is 9.97 Å². The molecule has 0 unspecified atom stereocenters. The van der Waals surface area contributed by atoms with Crippen LogP contribution in [0.1, 0.15) is 35.0 Å². The van der Waals surface area contributed by atoms with Crippen LogP contribution in [-0.4, -0.2) is 56.0 Å². The molecule has 1 aromatic carbocycles. The summed E-state index contributed by atoms with van der Waals surface area (Å²) in [6.07, 6.45) is 3.67. The molecule has 0 radical (unpaired) electrons. The van der Waals surface area contributed by atoms with E-state index in [0.717, 1.165) is 23.8 Å². The van der Waals surface area contributed by atoms with Crippen LogP contribution < -0.4 is 4.90 Å². The van der Waals surface area contributed by atoms with Gasteiger partial charge in [-0.25, -0.2) is 9.97 Å². The second-order valence-electron chi connectivity index (χ2n) is 7.50. The van der Waals surface area contributed by atoms with Crippen LogP contribution in [0.5, 0.6) is 0 Å². The van der Waals surface area contributed by atoms with Crippen LogP contribution >= 0.6 is 0 Å². The molecular formula is C21H22N4O4. The highest BCUT2D eigenvalue weighted by molar-refractivity contribution is 6.10. The average Bonchev–Trinajstić information content (AvgIpc) is 3.25. The maximum atomic E-state index is 13.2. The minimum absolute atomic E-state index is 0.0842. The van der Waals surface area contributed by atoms with Gasteiger partial charge in [0.05, 0.1) is 18.1 Å². The molecule has 0 bridgehead atoms. The van der Waals surface area contributed by atoms with Crippen molar-refractivity contribution in [2.24, 2.45) is 0 Å². The largest absolute Gasteiger partial charge is 0.394 e. The molecule has 5 rings (SSSR count). The predicted molar refractivity (Wildman–Crippen MR) is 106 cm³/mol. The van der Waals surface area contributed by atoms with Gasteiger partial charge in [-0.2, -0.15) is 0 Å². The highest BCUT2D eigenvalue weighted by Crippen LogP contribution is 2.37. The molecule has 150 valence electrons. The SMILES string of the molecule is O=C(c1ccccc1)N1CCCc2cn([C@H]3C[C@H](O)[C@@H](CO)O3)c3ncnc1c23. The monoisotopic (exact) mass is 394 g/mol. The zero-order valence-electron chi connectivity index (χ0n) is 15.8. The molecule has 1 fully saturated rings. The molecule has 4 heterocycles. The van der Waals surface area contributed by atoms with Gasteiger partial charge in [-0.05, 0) is 30.5 Å². The van der Waals surface area contributed by atoms with E-state index in [9.17, 15) is 15.0 Å². The maximum absolute atomic E-state index is 13.2. The molecule has 2 aliphatic rings. The number of amides is 1. The second-order valence-corrected chi connectivity index (χ2v) is 7.50. The van der Waals surface area contributed by atoms with Crippen molar-refractivity contribution in [3.63, 3.8) is 0 Å². The number of aromatic nitrogens is 3. The Morgan fingerprint density at radius 2 is 2.07 bits per heavy atom. The highest BCUT2D eigenvalue weighted by Gasteiger charge is 2.36. The van der Waals surface area contributed by atoms with Crippen molar-refractivity contribution in [3.05, 3.63) is 54.0 Å². The molecule has 3 aromatic rings. The summed E-state index contributed by atoms with van der Waals surface area (Å²) in [5, 5.41) is 20.4. The molecule has 8 nitrogen and oxygen atoms in total. The minimum Gasteiger partial charge on any atom is -0.394 e. The van der Waals surface area contributed by atoms with Crippen molar-refractivity contribution in [3.8, 4) is 0 Å². The van der Waals surface area contributed by atoms with E-state index in [-0.39, 0.29) is 12.5 Å². The Bertz CT molecular complexity index is 1050. The first kappa shape index (κ1) is 18.2. The summed E-state index contributed by atoms with van der Waals surface area (Å²) in [6, 6.07) is 9.20. The van der Waals surface area contributed by atoms with E-state index in [1.165, 1.54) is 6.33 Å². The third kappa shape index (κ3) is 3.00. The molecule has 8 heteroatoms. The van der Waals surface area contributed by atoms with Crippen molar-refractivity contribution in [1.82, 2.24) is 14.5 Å². The summed E-state index contributed by atoms with van der Waals surface area (Å²) in [4.78, 5) is 23.8. The van der Waals surface area contributed by atoms with Crippen molar-refractivity contribution in [2.45, 2.75) is 37.7 Å². The van der Waals surface area contributed by atoms with Gasteiger partial charge < -0.3 is 19.5 Å². The van der Waals surface area contributed by atoms with Crippen LogP contribution in [0.25, 0.3) is 11.0 Å². The van der Waals surface area contributed by atoms with Gasteiger partial charge in [0, 0.05) is 24.7 Å². The van der Waals surface area contributed by atoms with Gasteiger partial charge in [-0.1, -0.05) is 18.2 Å². The Labute approximate surface area is 167 Å². The van der Waals surface area contributed by atoms with Crippen molar-refractivity contribution in [2.75, 3.05) is 18.1 Å². The van der Waals surface area contributed by atoms with Gasteiger partial charge in [0.25, 0.3) is 5.91 Å². The van der Waals surface area contributed by atoms with E-state index in [0.29, 0.717) is 30.0 Å². The third-order valence-corrected chi connectivity index (χ3v) is 5.71. The number of aryl methyl sites for hydroxylation is 1. The van der Waals surface area contributed by atoms with Gasteiger partial charge in [0.2, 0.25) is 0 Å². The van der Waals surface area contributed by atoms with Crippen LogP contribution in [0.4, 0.5) is 5.82 Å². The summed E-state index contributed by atoms with van der Waals surface area (Å²) in [6.45, 7) is 0.350. The van der Waals surface area contributed by atoms with E-state index in [1.807, 2.05) is 29.0 Å². The number of aliphatic hydroxyl groups is 2. The summed E-state index contributed by atoms with van der Waals surface area (Å²) >= 11 is 0. The van der Waals surface area contributed by atoms with Crippen molar-refractivity contribution >= 4 is 22.8 Å². The van der Waals surface area contributed by atoms with Crippen LogP contribution in [0.3, 0.4) is 0 Å². The number of rotatable bonds is 3. The Balaban J connectivity index is 1.59. The molecule has 1 saturated heterocycles. The fraction of sp³-hybridized carbons (Fsp3) is 0.381. The van der Waals surface area contributed by atoms with Gasteiger partial charge in [0.15, 0.2) is 0 Å². The summed E-state index contributed by atoms with van der Waals surface area (Å²) < 4.78 is 7.73. The lowest BCUT2D eigenvalue weighted by Gasteiger charge is -2.21. The lowest BCUT2D eigenvalue weighted by atomic mass is 10.1. The first-order valence-electron chi connectivity index (χ1n) is 9.83. The molecule has 29 heavy (non-hydrogen) atoms. The zero-order chi connectivity index (χ0) is 20.0. The van der Waals surface area contributed by atoms with Crippen molar-refractivity contribution in [1.29, 1.82) is 0 Å². The van der Waals surface area contributed by atoms with E-state index in [4.69, 9.17) is 4.74 Å². The number of hydrogen-bond donors (Lipinski definition) is 2. The summed E-state index contributed by atoms with van der Waals surface area (Å²) in [5.74, 6) is 0.520. The molecule has 2 aromatic heterocycles. The first-order valence-corrected chi connectivity index (χ1v) is 9.83. The third-order valence-electron chi connectivity index (χ3n) is 5.71. The van der Waals surface area contributed by atoms with Crippen LogP contribution in [0.2, 0.25) is 0 Å². The van der Waals surface area contributed by atoms with Gasteiger partial charge in [-0.15, -0.1) is 0 Å². The zero-order valence-corrected chi connectivity index (χ0v) is 15.8. The topological polar surface area (TPSA) is 101 Å². The number of carbonyl (C=O) groups is 1. The van der Waals surface area contributed by atoms with Crippen LogP contribution in [0, 0.1) is 0 Å². The lowest BCUT2D eigenvalue weighted by Crippen LogP contribution is -2.32. The van der Waals surface area contributed by atoms with E-state index >= 15 is 0 Å². The van der Waals surface area contributed by atoms with E-state index in [1.54, 1.807) is 17.0 Å². The molecular weight excluding hydrogens is 372 g/mol. The normalized spacial score (nSPS) is 24.1. The van der Waals surface area contributed by atoms with Crippen LogP contribution in [-0.2, 0) is 11.2 Å². The molecule has 0 saturated carbocycles. The number of aliphatic hydroxyl groups excluding tert-OH is 2. The fourth-order valence-electron chi connectivity index (χ4n) is 4.28. The smallest absolute Gasteiger partial charge is 0.259 e. The van der Waals surface area contributed by atoms with Gasteiger partial charge in [0.1, 0.15) is 30.1 Å². The summed E-state index contributed by atoms with van der Waals surface area (Å²) in [5.41, 5.74) is 2.35. The summed E-state index contributed by atoms with van der Waals surface area (Å²) in [7, 11) is 0. The van der Waals surface area contributed by atoms with Gasteiger partial charge >= 0.3 is 0 Å². The van der Waals surface area contributed by atoms with Crippen molar-refractivity contribution < 1.29 is 19.7 Å². The molecule has 2 N–H and O–H groups in total. The average molecular weight is 394 g/mol. The quantitative estimate of drug-likeness (QED) is 0.701. The number of hydrogen-bond acceptors (Lipinski definition) is 6. The minimum atomic E-state index is -0.726. The van der Waals surface area contributed by atoms with Crippen LogP contribution in [0.15, 0.2) is 42.9 Å². The number of anilines is 1. The molecule has 0 spiro atoms. The van der Waals surface area contributed by atoms with Gasteiger partial charge in [-0.3, -0.25) is 9.69 Å². The molecule has 1 amide bonds. The predicted octanol–water partition coefficient (Wildman–Crippen LogP) is 1.66. The molecule has 3 atom stereocenters. The highest BCUT2D eigenvalue weighted by atomic mass is 16.5. The first-order chi connectivity index (χ1) is 14.2. The standard InChI is InChI=1S/C21H22N4O4/c26-11-16-15(27)9-17(29-16)25-10-14-7-4-8-24(19-18(14)20(25)23-12-22-19)21(28)13-5-2-1-3-6-13/h1-3,5-6,10,12,15-17,26-27H,4,7-9,11H2/t15-,16+,17+/m0/s1. The molecule has 2 aliphatic heterocycles. The fourth-order valence-corrected chi connectivity index (χ4v) is 4.28. The Kier molecular flexibility index (Phi) is 4.54. The number of benzene rings is 1. The lowest BCUT2D eigenvalue weighted by molar-refractivity contribution is -0.0430. The number of ether oxygens (including phenoxy) is 1. The Morgan fingerprint density at radius 1 is 1.24 bits per heavy atom. The Hall–Kier alpha value is -2.81. The van der Waals surface area contributed by atoms with E-state index < -0.39 is 18.4 Å². The maximum Gasteiger partial charge on any atom is 0.259 e.